The van der Waals surface area contributed by atoms with Crippen molar-refractivity contribution in [2.24, 2.45) is 17.6 Å². The fourth-order valence-electron chi connectivity index (χ4n) is 5.84. The molecule has 1 aromatic heterocycles. The number of hydrogen-bond acceptors (Lipinski definition) is 8. The van der Waals surface area contributed by atoms with Gasteiger partial charge < -0.3 is 16.4 Å². The van der Waals surface area contributed by atoms with E-state index in [2.05, 4.69) is 25.3 Å². The predicted octanol–water partition coefficient (Wildman–Crippen LogP) is 4.11. The van der Waals surface area contributed by atoms with Crippen LogP contribution in [-0.4, -0.2) is 61.4 Å². The number of H-pyrrole nitrogens is 1. The number of sulfonamides is 1. The quantitative estimate of drug-likeness (QED) is 0.181. The molecule has 1 heterocycles. The Labute approximate surface area is 285 Å². The predicted molar refractivity (Wildman–Crippen MR) is 186 cm³/mol. The molecular formula is C34H41ClN6O6S. The molecule has 1 aliphatic carbocycles. The summed E-state index contributed by atoms with van der Waals surface area (Å²) in [6.45, 7) is 2.51. The van der Waals surface area contributed by atoms with Gasteiger partial charge in [0.25, 0.3) is 0 Å². The topological polar surface area (TPSA) is 180 Å². The summed E-state index contributed by atoms with van der Waals surface area (Å²) in [6, 6.07) is 18.4. The Balaban J connectivity index is 0.00000520. The molecule has 0 bridgehead atoms. The Hall–Kier alpha value is -4.30. The van der Waals surface area contributed by atoms with E-state index >= 15 is 0 Å². The van der Waals surface area contributed by atoms with Crippen LogP contribution in [0.5, 0.6) is 0 Å². The summed E-state index contributed by atoms with van der Waals surface area (Å²) in [5.41, 5.74) is 10.2. The lowest BCUT2D eigenvalue weighted by Gasteiger charge is -2.28. The van der Waals surface area contributed by atoms with Crippen LogP contribution < -0.4 is 22.1 Å². The molecule has 0 aliphatic heterocycles. The number of aryl methyl sites for hydroxylation is 1. The highest BCUT2D eigenvalue weighted by Crippen LogP contribution is 2.30. The number of nitrogens with one attached hydrogen (secondary N) is 3. The molecule has 0 spiro atoms. The number of benzene rings is 3. The van der Waals surface area contributed by atoms with E-state index in [-0.39, 0.29) is 41.4 Å². The molecule has 3 aromatic carbocycles. The average Bonchev–Trinajstić information content (AvgIpc) is 3.51. The summed E-state index contributed by atoms with van der Waals surface area (Å²) in [6.07, 6.45) is 3.39. The van der Waals surface area contributed by atoms with Crippen molar-refractivity contribution in [2.45, 2.75) is 50.0 Å². The van der Waals surface area contributed by atoms with E-state index in [1.54, 1.807) is 42.5 Å². The first kappa shape index (κ1) is 36.5. The van der Waals surface area contributed by atoms with Gasteiger partial charge in [0.2, 0.25) is 21.8 Å². The molecule has 0 saturated heterocycles. The van der Waals surface area contributed by atoms with E-state index in [0.717, 1.165) is 35.1 Å². The molecule has 48 heavy (non-hydrogen) atoms. The molecular weight excluding hydrogens is 656 g/mol. The molecule has 1 aliphatic rings. The number of aromatic nitrogens is 2. The Bertz CT molecular complexity index is 1900. The van der Waals surface area contributed by atoms with Crippen molar-refractivity contribution in [3.05, 3.63) is 88.4 Å². The smallest absolute Gasteiger partial charge is 0.344 e. The van der Waals surface area contributed by atoms with Crippen LogP contribution in [0.2, 0.25) is 0 Å². The second-order valence-electron chi connectivity index (χ2n) is 12.2. The van der Waals surface area contributed by atoms with Crippen LogP contribution in [0.25, 0.3) is 22.5 Å². The van der Waals surface area contributed by atoms with E-state index < -0.39 is 27.7 Å². The largest absolute Gasteiger partial charge is 0.439 e. The minimum atomic E-state index is -3.64. The first-order chi connectivity index (χ1) is 22.4. The van der Waals surface area contributed by atoms with Crippen molar-refractivity contribution in [2.75, 3.05) is 26.0 Å². The van der Waals surface area contributed by atoms with Crippen LogP contribution in [0.4, 0.5) is 5.69 Å². The second kappa shape index (κ2) is 15.7. The van der Waals surface area contributed by atoms with Crippen molar-refractivity contribution in [1.29, 1.82) is 0 Å². The first-order valence-electron chi connectivity index (χ1n) is 15.5. The van der Waals surface area contributed by atoms with Gasteiger partial charge in [-0.15, -0.1) is 12.4 Å². The van der Waals surface area contributed by atoms with Gasteiger partial charge in [0.05, 0.1) is 4.90 Å². The van der Waals surface area contributed by atoms with Crippen LogP contribution in [0.1, 0.15) is 36.8 Å². The Kier molecular flexibility index (Phi) is 12.0. The Morgan fingerprint density at radius 2 is 1.73 bits per heavy atom. The molecule has 14 heteroatoms. The molecule has 0 unspecified atom stereocenters. The summed E-state index contributed by atoms with van der Waals surface area (Å²) >= 11 is 0. The summed E-state index contributed by atoms with van der Waals surface area (Å²) < 4.78 is 31.4. The standard InChI is InChI=1S/C34H40N6O6S.ClH/c1-21-7-16-28(47(44,45)40(2)3)19-29(21)26-6-4-5-23(17-26)18-30(37-32(41)25-10-8-22(20-35)9-11-25)33(42)36-27-14-12-24(13-15-27)31-38-34(43)46-39-31;/h4-7,12-17,19,22,25,30H,8-11,18,20,35H2,1-3H3,(H,36,42)(H,37,41)(H,38,39,43);1H/t22-,25-,30-;/m0./s1. The van der Waals surface area contributed by atoms with Crippen molar-refractivity contribution in [3.8, 4) is 22.5 Å². The van der Waals surface area contributed by atoms with Crippen molar-refractivity contribution in [1.82, 2.24) is 19.8 Å². The zero-order valence-corrected chi connectivity index (χ0v) is 28.7. The van der Waals surface area contributed by atoms with Crippen LogP contribution in [0.15, 0.2) is 80.9 Å². The number of carbonyl (C=O) groups is 2. The minimum Gasteiger partial charge on any atom is -0.344 e. The highest BCUT2D eigenvalue weighted by atomic mass is 35.5. The highest BCUT2D eigenvalue weighted by Gasteiger charge is 2.29. The number of carbonyl (C=O) groups excluding carboxylic acids is 2. The lowest BCUT2D eigenvalue weighted by atomic mass is 9.81. The van der Waals surface area contributed by atoms with Crippen LogP contribution >= 0.6 is 12.4 Å². The number of hydrogen-bond donors (Lipinski definition) is 4. The molecule has 5 N–H and O–H groups in total. The number of rotatable bonds is 11. The van der Waals surface area contributed by atoms with Crippen molar-refractivity contribution < 1.29 is 22.5 Å². The van der Waals surface area contributed by atoms with Crippen LogP contribution in [0.3, 0.4) is 0 Å². The number of amides is 2. The SMILES string of the molecule is Cc1ccc(S(=O)(=O)N(C)C)cc1-c1cccc(C[C@H](NC(=O)[C@H]2CC[C@H](CN)CC2)C(=O)Nc2ccc(-c3noc(=O)[nH]3)cc2)c1.Cl. The van der Waals surface area contributed by atoms with E-state index in [1.807, 2.05) is 31.2 Å². The summed E-state index contributed by atoms with van der Waals surface area (Å²) in [5, 5.41) is 9.60. The van der Waals surface area contributed by atoms with Gasteiger partial charge >= 0.3 is 5.76 Å². The van der Waals surface area contributed by atoms with Crippen molar-refractivity contribution >= 4 is 39.9 Å². The number of anilines is 1. The van der Waals surface area contributed by atoms with Gasteiger partial charge in [0, 0.05) is 37.7 Å². The van der Waals surface area contributed by atoms with Gasteiger partial charge in [-0.25, -0.2) is 17.5 Å². The molecule has 0 radical (unpaired) electrons. The maximum absolute atomic E-state index is 13.7. The van der Waals surface area contributed by atoms with Crippen LogP contribution in [0, 0.1) is 18.8 Å². The lowest BCUT2D eigenvalue weighted by Crippen LogP contribution is -2.48. The van der Waals surface area contributed by atoms with Crippen LogP contribution in [-0.2, 0) is 26.0 Å². The fourth-order valence-corrected chi connectivity index (χ4v) is 6.77. The molecule has 256 valence electrons. The molecule has 4 aromatic rings. The fraction of sp³-hybridized carbons (Fsp3) is 0.353. The third-order valence-corrected chi connectivity index (χ3v) is 10.5. The van der Waals surface area contributed by atoms with Gasteiger partial charge in [-0.05, 0) is 104 Å². The maximum atomic E-state index is 13.7. The molecule has 1 saturated carbocycles. The summed E-state index contributed by atoms with van der Waals surface area (Å²) in [7, 11) is -0.655. The Morgan fingerprint density at radius 3 is 2.35 bits per heavy atom. The monoisotopic (exact) mass is 696 g/mol. The molecule has 2 amide bonds. The third kappa shape index (κ3) is 8.58. The second-order valence-corrected chi connectivity index (χ2v) is 14.3. The van der Waals surface area contributed by atoms with E-state index in [0.29, 0.717) is 36.6 Å². The molecule has 5 rings (SSSR count). The molecule has 1 atom stereocenters. The normalized spacial score (nSPS) is 16.9. The number of aromatic amines is 1. The number of halogens is 1. The summed E-state index contributed by atoms with van der Waals surface area (Å²) in [5.74, 6) is -0.752. The third-order valence-electron chi connectivity index (χ3n) is 8.72. The zero-order chi connectivity index (χ0) is 33.7. The number of nitrogens with zero attached hydrogens (tertiary/aromatic N) is 2. The highest BCUT2D eigenvalue weighted by molar-refractivity contribution is 7.89. The molecule has 12 nitrogen and oxygen atoms in total. The van der Waals surface area contributed by atoms with Gasteiger partial charge in [-0.1, -0.05) is 35.5 Å². The summed E-state index contributed by atoms with van der Waals surface area (Å²) in [4.78, 5) is 41.2. The van der Waals surface area contributed by atoms with Gasteiger partial charge in [0.15, 0.2) is 5.82 Å². The minimum absolute atomic E-state index is 0. The number of nitrogens with two attached hydrogens (primary N) is 1. The van der Waals surface area contributed by atoms with Gasteiger partial charge in [-0.3, -0.25) is 19.1 Å². The zero-order valence-electron chi connectivity index (χ0n) is 27.1. The maximum Gasteiger partial charge on any atom is 0.439 e. The first-order valence-corrected chi connectivity index (χ1v) is 17.0. The van der Waals surface area contributed by atoms with E-state index in [1.165, 1.54) is 18.4 Å². The van der Waals surface area contributed by atoms with Gasteiger partial charge in [-0.2, -0.15) is 0 Å². The average molecular weight is 697 g/mol. The van der Waals surface area contributed by atoms with Gasteiger partial charge in [0.1, 0.15) is 6.04 Å². The van der Waals surface area contributed by atoms with E-state index in [9.17, 15) is 22.8 Å². The van der Waals surface area contributed by atoms with Crippen molar-refractivity contribution in [3.63, 3.8) is 0 Å². The Morgan fingerprint density at radius 1 is 1.02 bits per heavy atom. The van der Waals surface area contributed by atoms with E-state index in [4.69, 9.17) is 5.73 Å². The molecule has 1 fully saturated rings. The lowest BCUT2D eigenvalue weighted by molar-refractivity contribution is -0.130.